The molecule has 0 spiro atoms. The number of hydrogen-bond acceptors (Lipinski definition) is 3. The number of hydrogen-bond donors (Lipinski definition) is 2. The number of halogens is 1. The number of carbonyl (C=O) groups is 2. The van der Waals surface area contributed by atoms with Crippen molar-refractivity contribution in [1.82, 2.24) is 10.2 Å². The summed E-state index contributed by atoms with van der Waals surface area (Å²) in [5.41, 5.74) is 3.00. The van der Waals surface area contributed by atoms with E-state index in [1.54, 1.807) is 0 Å². The zero-order chi connectivity index (χ0) is 19.9. The lowest BCUT2D eigenvalue weighted by Crippen LogP contribution is -2.43. The van der Waals surface area contributed by atoms with Gasteiger partial charge in [-0.2, -0.15) is 0 Å². The van der Waals surface area contributed by atoms with Crippen LogP contribution >= 0.6 is 11.6 Å². The Labute approximate surface area is 171 Å². The highest BCUT2D eigenvalue weighted by Crippen LogP contribution is 2.18. The molecule has 1 aliphatic rings. The molecule has 2 aromatic rings. The van der Waals surface area contributed by atoms with Crippen molar-refractivity contribution in [1.29, 1.82) is 0 Å². The second-order valence-electron chi connectivity index (χ2n) is 7.31. The molecule has 0 atom stereocenters. The van der Waals surface area contributed by atoms with E-state index >= 15 is 0 Å². The van der Waals surface area contributed by atoms with E-state index in [0.29, 0.717) is 18.1 Å². The van der Waals surface area contributed by atoms with Gasteiger partial charge in [0, 0.05) is 23.2 Å². The molecule has 0 bridgehead atoms. The number of rotatable bonds is 6. The molecule has 1 saturated heterocycles. The van der Waals surface area contributed by atoms with Gasteiger partial charge in [0.15, 0.2) is 0 Å². The predicted octanol–water partition coefficient (Wildman–Crippen LogP) is 3.62. The molecule has 6 heteroatoms. The van der Waals surface area contributed by atoms with Crippen molar-refractivity contribution in [2.45, 2.75) is 26.3 Å². The van der Waals surface area contributed by atoms with E-state index in [0.717, 1.165) is 42.7 Å². The van der Waals surface area contributed by atoms with Crippen molar-refractivity contribution >= 4 is 29.1 Å². The van der Waals surface area contributed by atoms with Gasteiger partial charge in [-0.25, -0.2) is 0 Å². The highest BCUT2D eigenvalue weighted by atomic mass is 35.5. The zero-order valence-corrected chi connectivity index (χ0v) is 16.8. The smallest absolute Gasteiger partial charge is 0.238 e. The van der Waals surface area contributed by atoms with Gasteiger partial charge < -0.3 is 10.6 Å². The molecule has 28 heavy (non-hydrogen) atoms. The summed E-state index contributed by atoms with van der Waals surface area (Å²) in [6.45, 7) is 4.38. The minimum atomic E-state index is -0.0190. The Hall–Kier alpha value is -2.37. The van der Waals surface area contributed by atoms with E-state index in [2.05, 4.69) is 15.5 Å². The van der Waals surface area contributed by atoms with Gasteiger partial charge in [0.05, 0.1) is 6.54 Å². The third-order valence-corrected chi connectivity index (χ3v) is 5.29. The average molecular weight is 400 g/mol. The van der Waals surface area contributed by atoms with E-state index in [1.165, 1.54) is 0 Å². The minimum absolute atomic E-state index is 0.00344. The van der Waals surface area contributed by atoms with Crippen molar-refractivity contribution in [3.05, 3.63) is 64.7 Å². The van der Waals surface area contributed by atoms with Gasteiger partial charge in [-0.3, -0.25) is 14.5 Å². The maximum Gasteiger partial charge on any atom is 0.238 e. The van der Waals surface area contributed by atoms with Gasteiger partial charge >= 0.3 is 0 Å². The molecule has 0 saturated carbocycles. The van der Waals surface area contributed by atoms with Crippen LogP contribution in [0.3, 0.4) is 0 Å². The number of carbonyl (C=O) groups excluding carboxylic acids is 2. The van der Waals surface area contributed by atoms with E-state index in [9.17, 15) is 9.59 Å². The second kappa shape index (κ2) is 9.71. The molecule has 0 aromatic heterocycles. The first-order valence-corrected chi connectivity index (χ1v) is 9.98. The summed E-state index contributed by atoms with van der Waals surface area (Å²) in [5.74, 6) is 0.0666. The molecule has 0 aliphatic carbocycles. The zero-order valence-electron chi connectivity index (χ0n) is 16.1. The highest BCUT2D eigenvalue weighted by Gasteiger charge is 2.25. The molecular weight excluding hydrogens is 374 g/mol. The van der Waals surface area contributed by atoms with Crippen LogP contribution in [0.4, 0.5) is 5.69 Å². The van der Waals surface area contributed by atoms with Gasteiger partial charge in [-0.15, -0.1) is 0 Å². The largest absolute Gasteiger partial charge is 0.352 e. The Morgan fingerprint density at radius 2 is 1.68 bits per heavy atom. The van der Waals surface area contributed by atoms with Crippen molar-refractivity contribution in [3.63, 3.8) is 0 Å². The Kier molecular flexibility index (Phi) is 7.06. The molecule has 2 amide bonds. The van der Waals surface area contributed by atoms with Gasteiger partial charge in [0.1, 0.15) is 0 Å². The molecule has 3 rings (SSSR count). The summed E-state index contributed by atoms with van der Waals surface area (Å²) in [7, 11) is 0. The maximum absolute atomic E-state index is 12.4. The summed E-state index contributed by atoms with van der Waals surface area (Å²) in [5, 5.41) is 6.61. The topological polar surface area (TPSA) is 61.4 Å². The van der Waals surface area contributed by atoms with Crippen molar-refractivity contribution in [2.24, 2.45) is 5.92 Å². The highest BCUT2D eigenvalue weighted by molar-refractivity contribution is 6.30. The van der Waals surface area contributed by atoms with Crippen LogP contribution in [-0.4, -0.2) is 36.3 Å². The molecule has 2 aromatic carbocycles. The van der Waals surface area contributed by atoms with E-state index < -0.39 is 0 Å². The van der Waals surface area contributed by atoms with Crippen LogP contribution in [-0.2, 0) is 16.1 Å². The number of benzene rings is 2. The normalized spacial score (nSPS) is 15.2. The number of likely N-dealkylation sites (tertiary alicyclic amines) is 1. The number of piperidine rings is 1. The third-order valence-electron chi connectivity index (χ3n) is 5.04. The quantitative estimate of drug-likeness (QED) is 0.779. The summed E-state index contributed by atoms with van der Waals surface area (Å²) in [6, 6.07) is 15.2. The van der Waals surface area contributed by atoms with Gasteiger partial charge in [-0.05, 0) is 62.7 Å². The number of amides is 2. The number of aryl methyl sites for hydroxylation is 1. The molecule has 5 nitrogen and oxygen atoms in total. The monoisotopic (exact) mass is 399 g/mol. The maximum atomic E-state index is 12.4. The van der Waals surface area contributed by atoms with Crippen LogP contribution in [0.25, 0.3) is 0 Å². The standard InChI is InChI=1S/C22H26ClN3O2/c1-16-2-8-20(9-3-16)25-21(27)15-26-12-10-18(11-13-26)22(28)24-14-17-4-6-19(23)7-5-17/h2-9,18H,10-15H2,1H3,(H,24,28)(H,25,27). The lowest BCUT2D eigenvalue weighted by atomic mass is 9.96. The van der Waals surface area contributed by atoms with Crippen LogP contribution in [0.5, 0.6) is 0 Å². The summed E-state index contributed by atoms with van der Waals surface area (Å²) >= 11 is 5.88. The van der Waals surface area contributed by atoms with E-state index in [4.69, 9.17) is 11.6 Å². The number of nitrogens with zero attached hydrogens (tertiary/aromatic N) is 1. The fourth-order valence-electron chi connectivity index (χ4n) is 3.33. The molecule has 2 N–H and O–H groups in total. The van der Waals surface area contributed by atoms with Crippen molar-refractivity contribution < 1.29 is 9.59 Å². The Bertz CT molecular complexity index is 798. The number of nitrogens with one attached hydrogen (secondary N) is 2. The third kappa shape index (κ3) is 6.08. The van der Waals surface area contributed by atoms with E-state index in [1.807, 2.05) is 55.5 Å². The van der Waals surface area contributed by atoms with Crippen LogP contribution in [0.15, 0.2) is 48.5 Å². The molecule has 1 aliphatic heterocycles. The summed E-state index contributed by atoms with van der Waals surface area (Å²) in [4.78, 5) is 26.7. The molecule has 0 unspecified atom stereocenters. The first-order chi connectivity index (χ1) is 13.5. The molecular formula is C22H26ClN3O2. The molecule has 0 radical (unpaired) electrons. The fourth-order valence-corrected chi connectivity index (χ4v) is 3.46. The average Bonchev–Trinajstić information content (AvgIpc) is 2.69. The fraction of sp³-hybridized carbons (Fsp3) is 0.364. The Morgan fingerprint density at radius 1 is 1.04 bits per heavy atom. The van der Waals surface area contributed by atoms with Crippen molar-refractivity contribution in [3.8, 4) is 0 Å². The lowest BCUT2D eigenvalue weighted by Gasteiger charge is -2.30. The lowest BCUT2D eigenvalue weighted by molar-refractivity contribution is -0.126. The molecule has 148 valence electrons. The van der Waals surface area contributed by atoms with Crippen LogP contribution < -0.4 is 10.6 Å². The first kappa shape index (κ1) is 20.4. The summed E-state index contributed by atoms with van der Waals surface area (Å²) < 4.78 is 0. The number of anilines is 1. The Morgan fingerprint density at radius 3 is 2.32 bits per heavy atom. The Balaban J connectivity index is 1.38. The van der Waals surface area contributed by atoms with Gasteiger partial charge in [-0.1, -0.05) is 41.4 Å². The SMILES string of the molecule is Cc1ccc(NC(=O)CN2CCC(C(=O)NCc3ccc(Cl)cc3)CC2)cc1. The summed E-state index contributed by atoms with van der Waals surface area (Å²) in [6.07, 6.45) is 1.54. The minimum Gasteiger partial charge on any atom is -0.352 e. The molecule has 1 fully saturated rings. The second-order valence-corrected chi connectivity index (χ2v) is 7.75. The van der Waals surface area contributed by atoms with Gasteiger partial charge in [0.2, 0.25) is 11.8 Å². The van der Waals surface area contributed by atoms with Gasteiger partial charge in [0.25, 0.3) is 0 Å². The molecule has 1 heterocycles. The van der Waals surface area contributed by atoms with Crippen molar-refractivity contribution in [2.75, 3.05) is 25.0 Å². The predicted molar refractivity (Wildman–Crippen MR) is 112 cm³/mol. The van der Waals surface area contributed by atoms with Crippen LogP contribution in [0, 0.1) is 12.8 Å². The van der Waals surface area contributed by atoms with Crippen LogP contribution in [0.2, 0.25) is 5.02 Å². The first-order valence-electron chi connectivity index (χ1n) is 9.60. The van der Waals surface area contributed by atoms with Crippen LogP contribution in [0.1, 0.15) is 24.0 Å². The van der Waals surface area contributed by atoms with E-state index in [-0.39, 0.29) is 17.7 Å².